The minimum absolute atomic E-state index is 0.239. The van der Waals surface area contributed by atoms with Gasteiger partial charge in [0, 0.05) is 6.04 Å². The topological polar surface area (TPSA) is 35.2 Å². The van der Waals surface area contributed by atoms with Crippen molar-refractivity contribution in [1.82, 2.24) is 0 Å². The Kier molecular flexibility index (Phi) is 5.40. The van der Waals surface area contributed by atoms with Gasteiger partial charge in [-0.05, 0) is 19.3 Å². The van der Waals surface area contributed by atoms with Crippen molar-refractivity contribution >= 4 is 0 Å². The second kappa shape index (κ2) is 6.39. The lowest BCUT2D eigenvalue weighted by Gasteiger charge is -2.17. The summed E-state index contributed by atoms with van der Waals surface area (Å²) in [5, 5.41) is 0. The first-order valence-electron chi connectivity index (χ1n) is 5.70. The Morgan fingerprint density at radius 3 is 2.38 bits per heavy atom. The van der Waals surface area contributed by atoms with Gasteiger partial charge in [-0.2, -0.15) is 0 Å². The van der Waals surface area contributed by atoms with Crippen molar-refractivity contribution < 1.29 is 4.74 Å². The van der Waals surface area contributed by atoms with Crippen LogP contribution < -0.4 is 5.73 Å². The maximum Gasteiger partial charge on any atom is 0.0621 e. The average Bonchev–Trinajstić information content (AvgIpc) is 2.42. The van der Waals surface area contributed by atoms with Crippen LogP contribution >= 0.6 is 0 Å². The molecule has 0 aromatic carbocycles. The fraction of sp³-hybridized carbons (Fsp3) is 1.00. The van der Waals surface area contributed by atoms with Crippen LogP contribution in [-0.4, -0.2) is 18.8 Å². The standard InChI is InChI=1S/C11H23NO/c1-2-10(12)9-13-11-7-5-3-4-6-8-11/h10-11H,2-9,12H2,1H3. The van der Waals surface area contributed by atoms with Crippen LogP contribution in [0.1, 0.15) is 51.9 Å². The van der Waals surface area contributed by atoms with Gasteiger partial charge in [-0.25, -0.2) is 0 Å². The Labute approximate surface area is 81.8 Å². The van der Waals surface area contributed by atoms with E-state index in [1.54, 1.807) is 0 Å². The molecule has 1 fully saturated rings. The molecule has 1 saturated carbocycles. The van der Waals surface area contributed by atoms with Gasteiger partial charge < -0.3 is 10.5 Å². The van der Waals surface area contributed by atoms with E-state index in [2.05, 4.69) is 6.92 Å². The van der Waals surface area contributed by atoms with E-state index in [9.17, 15) is 0 Å². The Balaban J connectivity index is 2.11. The smallest absolute Gasteiger partial charge is 0.0621 e. The molecule has 1 rings (SSSR count). The zero-order valence-electron chi connectivity index (χ0n) is 8.80. The fourth-order valence-corrected chi connectivity index (χ4v) is 1.79. The van der Waals surface area contributed by atoms with E-state index in [4.69, 9.17) is 10.5 Å². The van der Waals surface area contributed by atoms with E-state index in [1.807, 2.05) is 0 Å². The van der Waals surface area contributed by atoms with Gasteiger partial charge in [0.1, 0.15) is 0 Å². The van der Waals surface area contributed by atoms with E-state index >= 15 is 0 Å². The highest BCUT2D eigenvalue weighted by molar-refractivity contribution is 4.65. The summed E-state index contributed by atoms with van der Waals surface area (Å²) in [4.78, 5) is 0. The molecule has 1 unspecified atom stereocenters. The summed E-state index contributed by atoms with van der Waals surface area (Å²) in [6.07, 6.45) is 9.47. The maximum absolute atomic E-state index is 5.80. The molecule has 0 radical (unpaired) electrons. The van der Waals surface area contributed by atoms with Crippen LogP contribution in [-0.2, 0) is 4.74 Å². The highest BCUT2D eigenvalue weighted by Gasteiger charge is 2.13. The molecular weight excluding hydrogens is 162 g/mol. The van der Waals surface area contributed by atoms with E-state index < -0.39 is 0 Å². The van der Waals surface area contributed by atoms with Crippen molar-refractivity contribution in [3.05, 3.63) is 0 Å². The van der Waals surface area contributed by atoms with E-state index in [1.165, 1.54) is 38.5 Å². The molecule has 2 nitrogen and oxygen atoms in total. The molecule has 0 aromatic rings. The van der Waals surface area contributed by atoms with Crippen molar-refractivity contribution in [2.45, 2.75) is 64.0 Å². The van der Waals surface area contributed by atoms with Crippen molar-refractivity contribution in [3.8, 4) is 0 Å². The highest BCUT2D eigenvalue weighted by Crippen LogP contribution is 2.19. The molecule has 2 N–H and O–H groups in total. The lowest BCUT2D eigenvalue weighted by molar-refractivity contribution is 0.0343. The van der Waals surface area contributed by atoms with Crippen LogP contribution in [0.15, 0.2) is 0 Å². The van der Waals surface area contributed by atoms with Crippen LogP contribution in [0, 0.1) is 0 Å². The van der Waals surface area contributed by atoms with Gasteiger partial charge in [0.25, 0.3) is 0 Å². The van der Waals surface area contributed by atoms with Gasteiger partial charge in [0.05, 0.1) is 12.7 Å². The van der Waals surface area contributed by atoms with Gasteiger partial charge in [0.15, 0.2) is 0 Å². The molecule has 0 aromatic heterocycles. The lowest BCUT2D eigenvalue weighted by atomic mass is 10.1. The quantitative estimate of drug-likeness (QED) is 0.683. The second-order valence-electron chi connectivity index (χ2n) is 4.12. The molecule has 1 aliphatic rings. The predicted octanol–water partition coefficient (Wildman–Crippen LogP) is 2.46. The zero-order valence-corrected chi connectivity index (χ0v) is 8.80. The van der Waals surface area contributed by atoms with E-state index in [0.29, 0.717) is 6.10 Å². The van der Waals surface area contributed by atoms with Gasteiger partial charge in [-0.3, -0.25) is 0 Å². The first-order chi connectivity index (χ1) is 6.33. The molecule has 0 bridgehead atoms. The zero-order chi connectivity index (χ0) is 9.52. The summed E-state index contributed by atoms with van der Waals surface area (Å²) in [6.45, 7) is 2.86. The summed E-state index contributed by atoms with van der Waals surface area (Å²) in [6, 6.07) is 0.239. The maximum atomic E-state index is 5.80. The molecule has 78 valence electrons. The van der Waals surface area contributed by atoms with Crippen LogP contribution in [0.25, 0.3) is 0 Å². The number of hydrogen-bond donors (Lipinski definition) is 1. The number of rotatable bonds is 4. The molecule has 13 heavy (non-hydrogen) atoms. The Morgan fingerprint density at radius 2 is 1.85 bits per heavy atom. The Hall–Kier alpha value is -0.0800. The fourth-order valence-electron chi connectivity index (χ4n) is 1.79. The molecule has 2 heteroatoms. The second-order valence-corrected chi connectivity index (χ2v) is 4.12. The monoisotopic (exact) mass is 185 g/mol. The molecule has 0 amide bonds. The van der Waals surface area contributed by atoms with Gasteiger partial charge in [-0.1, -0.05) is 32.6 Å². The number of hydrogen-bond acceptors (Lipinski definition) is 2. The van der Waals surface area contributed by atoms with Crippen LogP contribution in [0.3, 0.4) is 0 Å². The summed E-state index contributed by atoms with van der Waals surface area (Å²) < 4.78 is 5.79. The molecule has 0 aliphatic heterocycles. The van der Waals surface area contributed by atoms with Crippen molar-refractivity contribution in [2.75, 3.05) is 6.61 Å². The Bertz CT molecular complexity index is 119. The van der Waals surface area contributed by atoms with Gasteiger partial charge in [0.2, 0.25) is 0 Å². The molecule has 0 spiro atoms. The van der Waals surface area contributed by atoms with E-state index in [0.717, 1.165) is 13.0 Å². The lowest BCUT2D eigenvalue weighted by Crippen LogP contribution is -2.28. The minimum Gasteiger partial charge on any atom is -0.377 e. The third-order valence-corrected chi connectivity index (χ3v) is 2.87. The van der Waals surface area contributed by atoms with Gasteiger partial charge in [-0.15, -0.1) is 0 Å². The summed E-state index contributed by atoms with van der Waals surface area (Å²) in [5.74, 6) is 0. The molecule has 0 heterocycles. The summed E-state index contributed by atoms with van der Waals surface area (Å²) in [7, 11) is 0. The third kappa shape index (κ3) is 4.63. The van der Waals surface area contributed by atoms with Crippen LogP contribution in [0.5, 0.6) is 0 Å². The molecule has 0 saturated heterocycles. The minimum atomic E-state index is 0.239. The first-order valence-corrected chi connectivity index (χ1v) is 5.70. The van der Waals surface area contributed by atoms with Crippen LogP contribution in [0.2, 0.25) is 0 Å². The predicted molar refractivity (Wildman–Crippen MR) is 55.7 cm³/mol. The Morgan fingerprint density at radius 1 is 1.23 bits per heavy atom. The molecule has 1 atom stereocenters. The van der Waals surface area contributed by atoms with Crippen molar-refractivity contribution in [3.63, 3.8) is 0 Å². The highest BCUT2D eigenvalue weighted by atomic mass is 16.5. The number of ether oxygens (including phenoxy) is 1. The van der Waals surface area contributed by atoms with E-state index in [-0.39, 0.29) is 6.04 Å². The molecular formula is C11H23NO. The third-order valence-electron chi connectivity index (χ3n) is 2.87. The number of nitrogens with two attached hydrogens (primary N) is 1. The summed E-state index contributed by atoms with van der Waals surface area (Å²) in [5.41, 5.74) is 5.80. The van der Waals surface area contributed by atoms with Gasteiger partial charge >= 0.3 is 0 Å². The normalized spacial score (nSPS) is 22.6. The largest absolute Gasteiger partial charge is 0.377 e. The molecule has 1 aliphatic carbocycles. The van der Waals surface area contributed by atoms with Crippen molar-refractivity contribution in [1.29, 1.82) is 0 Å². The van der Waals surface area contributed by atoms with Crippen LogP contribution in [0.4, 0.5) is 0 Å². The average molecular weight is 185 g/mol. The SMILES string of the molecule is CCC(N)COC1CCCCCC1. The summed E-state index contributed by atoms with van der Waals surface area (Å²) >= 11 is 0. The first kappa shape index (κ1) is 11.0. The van der Waals surface area contributed by atoms with Crippen molar-refractivity contribution in [2.24, 2.45) is 5.73 Å².